The average molecular weight is 411 g/mol. The summed E-state index contributed by atoms with van der Waals surface area (Å²) in [6.07, 6.45) is -3.14. The van der Waals surface area contributed by atoms with Gasteiger partial charge < -0.3 is 10.2 Å². The van der Waals surface area contributed by atoms with Crippen molar-refractivity contribution in [3.8, 4) is 0 Å². The van der Waals surface area contributed by atoms with Gasteiger partial charge in [-0.1, -0.05) is 12.1 Å². The molecule has 2 aromatic rings. The molecule has 0 saturated carbocycles. The number of carbonyl (C=O) groups is 2. The van der Waals surface area contributed by atoms with Crippen LogP contribution in [0.3, 0.4) is 0 Å². The highest BCUT2D eigenvalue weighted by atomic mass is 32.1. The van der Waals surface area contributed by atoms with Crippen LogP contribution in [0.25, 0.3) is 0 Å². The van der Waals surface area contributed by atoms with Crippen molar-refractivity contribution >= 4 is 23.2 Å². The third-order valence-corrected chi connectivity index (χ3v) is 5.30. The van der Waals surface area contributed by atoms with Crippen molar-refractivity contribution in [2.24, 2.45) is 5.92 Å². The highest BCUT2D eigenvalue weighted by Crippen LogP contribution is 2.30. The van der Waals surface area contributed by atoms with Gasteiger partial charge in [-0.3, -0.25) is 9.59 Å². The Balaban J connectivity index is 1.56. The van der Waals surface area contributed by atoms with E-state index in [-0.39, 0.29) is 37.2 Å². The number of likely N-dealkylation sites (tertiary alicyclic amines) is 1. The second-order valence-electron chi connectivity index (χ2n) is 6.73. The number of nitrogens with zero attached hydrogens (tertiary/aromatic N) is 2. The van der Waals surface area contributed by atoms with Gasteiger partial charge >= 0.3 is 6.18 Å². The Labute approximate surface area is 164 Å². The van der Waals surface area contributed by atoms with E-state index in [9.17, 15) is 22.8 Å². The molecule has 9 heteroatoms. The number of halogens is 3. The molecule has 1 saturated heterocycles. The van der Waals surface area contributed by atoms with Crippen LogP contribution >= 0.6 is 11.3 Å². The summed E-state index contributed by atoms with van der Waals surface area (Å²) < 4.78 is 38.6. The molecule has 0 spiro atoms. The molecule has 1 aliphatic rings. The number of thiazole rings is 1. The van der Waals surface area contributed by atoms with Gasteiger partial charge in [-0.2, -0.15) is 13.2 Å². The second kappa shape index (κ2) is 8.72. The number of amides is 2. The number of alkyl halides is 3. The standard InChI is InChI=1S/C19H20F3N3O2S/c20-19(21,22)15-3-1-2-13(8-15)9-25-10-14(4-5-17(25)26)18(27)23-7-6-16-11-28-12-24-16/h1-3,8,11-12,14H,4-7,9-10H2,(H,23,27)/t14-/m0/s1. The van der Waals surface area contributed by atoms with Gasteiger partial charge in [0.15, 0.2) is 0 Å². The molecule has 1 aliphatic heterocycles. The Morgan fingerprint density at radius 1 is 1.36 bits per heavy atom. The van der Waals surface area contributed by atoms with E-state index in [0.29, 0.717) is 24.9 Å². The van der Waals surface area contributed by atoms with Gasteiger partial charge in [-0.05, 0) is 24.1 Å². The van der Waals surface area contributed by atoms with E-state index in [2.05, 4.69) is 10.3 Å². The highest BCUT2D eigenvalue weighted by Gasteiger charge is 2.32. The van der Waals surface area contributed by atoms with Gasteiger partial charge in [0, 0.05) is 37.9 Å². The Hall–Kier alpha value is -2.42. The van der Waals surface area contributed by atoms with E-state index in [1.807, 2.05) is 5.38 Å². The fourth-order valence-corrected chi connectivity index (χ4v) is 3.76. The van der Waals surface area contributed by atoms with E-state index in [4.69, 9.17) is 0 Å². The third kappa shape index (κ3) is 5.31. The molecule has 0 unspecified atom stereocenters. The number of rotatable bonds is 6. The van der Waals surface area contributed by atoms with Crippen LogP contribution in [0.4, 0.5) is 13.2 Å². The van der Waals surface area contributed by atoms with Gasteiger partial charge in [0.2, 0.25) is 11.8 Å². The van der Waals surface area contributed by atoms with E-state index < -0.39 is 11.7 Å². The largest absolute Gasteiger partial charge is 0.416 e. The van der Waals surface area contributed by atoms with Crippen molar-refractivity contribution in [3.05, 3.63) is 52.0 Å². The first-order chi connectivity index (χ1) is 13.3. The van der Waals surface area contributed by atoms with Crippen LogP contribution in [0.15, 0.2) is 35.2 Å². The zero-order valence-electron chi connectivity index (χ0n) is 15.0. The fraction of sp³-hybridized carbons (Fsp3) is 0.421. The summed E-state index contributed by atoms with van der Waals surface area (Å²) in [6.45, 7) is 0.726. The molecule has 0 bridgehead atoms. The number of aromatic nitrogens is 1. The maximum Gasteiger partial charge on any atom is 0.416 e. The number of hydrogen-bond acceptors (Lipinski definition) is 4. The van der Waals surface area contributed by atoms with Crippen LogP contribution in [0.5, 0.6) is 0 Å². The lowest BCUT2D eigenvalue weighted by molar-refractivity contribution is -0.139. The molecule has 5 nitrogen and oxygen atoms in total. The van der Waals surface area contributed by atoms with Crippen LogP contribution < -0.4 is 5.32 Å². The Morgan fingerprint density at radius 2 is 2.18 bits per heavy atom. The minimum absolute atomic E-state index is 0.0609. The van der Waals surface area contributed by atoms with E-state index >= 15 is 0 Å². The van der Waals surface area contributed by atoms with Gasteiger partial charge in [-0.25, -0.2) is 4.98 Å². The first-order valence-electron chi connectivity index (χ1n) is 8.91. The molecule has 2 amide bonds. The number of benzene rings is 1. The number of piperidine rings is 1. The van der Waals surface area contributed by atoms with Crippen LogP contribution in [0.2, 0.25) is 0 Å². The monoisotopic (exact) mass is 411 g/mol. The number of carbonyl (C=O) groups excluding carboxylic acids is 2. The van der Waals surface area contributed by atoms with Crippen molar-refractivity contribution in [1.82, 2.24) is 15.2 Å². The molecular formula is C19H20F3N3O2S. The molecule has 28 heavy (non-hydrogen) atoms. The molecule has 0 radical (unpaired) electrons. The van der Waals surface area contributed by atoms with Gasteiger partial charge in [0.05, 0.1) is 22.7 Å². The summed E-state index contributed by atoms with van der Waals surface area (Å²) in [6, 6.07) is 4.93. The summed E-state index contributed by atoms with van der Waals surface area (Å²) in [7, 11) is 0. The molecule has 1 N–H and O–H groups in total. The molecular weight excluding hydrogens is 391 g/mol. The quantitative estimate of drug-likeness (QED) is 0.794. The van der Waals surface area contributed by atoms with Crippen LogP contribution in [0.1, 0.15) is 29.7 Å². The molecule has 0 aliphatic carbocycles. The van der Waals surface area contributed by atoms with Crippen LogP contribution in [0, 0.1) is 5.92 Å². The molecule has 3 rings (SSSR count). The summed E-state index contributed by atoms with van der Waals surface area (Å²) in [5, 5.41) is 4.78. The summed E-state index contributed by atoms with van der Waals surface area (Å²) >= 11 is 1.49. The van der Waals surface area contributed by atoms with E-state index in [0.717, 1.165) is 17.8 Å². The lowest BCUT2D eigenvalue weighted by atomic mass is 9.96. The van der Waals surface area contributed by atoms with Gasteiger partial charge in [-0.15, -0.1) is 11.3 Å². The molecule has 2 heterocycles. The van der Waals surface area contributed by atoms with Crippen molar-refractivity contribution < 1.29 is 22.8 Å². The van der Waals surface area contributed by atoms with Crippen molar-refractivity contribution in [2.75, 3.05) is 13.1 Å². The molecule has 150 valence electrons. The zero-order valence-corrected chi connectivity index (χ0v) is 15.9. The minimum atomic E-state index is -4.43. The zero-order chi connectivity index (χ0) is 20.1. The Bertz CT molecular complexity index is 824. The lowest BCUT2D eigenvalue weighted by Crippen LogP contribution is -2.45. The Morgan fingerprint density at radius 3 is 2.89 bits per heavy atom. The molecule has 1 fully saturated rings. The van der Waals surface area contributed by atoms with Gasteiger partial charge in [0.25, 0.3) is 0 Å². The van der Waals surface area contributed by atoms with Crippen molar-refractivity contribution in [1.29, 1.82) is 0 Å². The number of hydrogen-bond donors (Lipinski definition) is 1. The fourth-order valence-electron chi connectivity index (χ4n) is 3.17. The smallest absolute Gasteiger partial charge is 0.355 e. The predicted octanol–water partition coefficient (Wildman–Crippen LogP) is 3.26. The maximum atomic E-state index is 12.9. The predicted molar refractivity (Wildman–Crippen MR) is 98.4 cm³/mol. The summed E-state index contributed by atoms with van der Waals surface area (Å²) in [5.41, 5.74) is 2.30. The SMILES string of the molecule is O=C(NCCc1cscn1)[C@H]1CCC(=O)N(Cc2cccc(C(F)(F)F)c2)C1. The van der Waals surface area contributed by atoms with Crippen molar-refractivity contribution in [2.45, 2.75) is 32.0 Å². The summed E-state index contributed by atoms with van der Waals surface area (Å²) in [4.78, 5) is 30.2. The maximum absolute atomic E-state index is 12.9. The minimum Gasteiger partial charge on any atom is -0.355 e. The Kier molecular flexibility index (Phi) is 6.33. The highest BCUT2D eigenvalue weighted by molar-refractivity contribution is 7.07. The van der Waals surface area contributed by atoms with E-state index in [1.165, 1.54) is 22.3 Å². The second-order valence-corrected chi connectivity index (χ2v) is 7.45. The normalized spacial score (nSPS) is 17.6. The molecule has 1 atom stereocenters. The first kappa shape index (κ1) is 20.3. The average Bonchev–Trinajstić information content (AvgIpc) is 3.16. The van der Waals surface area contributed by atoms with Crippen molar-refractivity contribution in [3.63, 3.8) is 0 Å². The topological polar surface area (TPSA) is 62.3 Å². The van der Waals surface area contributed by atoms with Crippen LogP contribution in [-0.4, -0.2) is 34.8 Å². The summed E-state index contributed by atoms with van der Waals surface area (Å²) in [5.74, 6) is -0.653. The molecule has 1 aromatic heterocycles. The van der Waals surface area contributed by atoms with Gasteiger partial charge in [0.1, 0.15) is 0 Å². The van der Waals surface area contributed by atoms with E-state index in [1.54, 1.807) is 11.6 Å². The molecule has 1 aromatic carbocycles. The lowest BCUT2D eigenvalue weighted by Gasteiger charge is -2.32. The number of nitrogens with one attached hydrogen (secondary N) is 1. The van der Waals surface area contributed by atoms with Crippen LogP contribution in [-0.2, 0) is 28.7 Å². The first-order valence-corrected chi connectivity index (χ1v) is 9.86. The third-order valence-electron chi connectivity index (χ3n) is 4.66.